The van der Waals surface area contributed by atoms with Crippen molar-refractivity contribution in [3.05, 3.63) is 53.7 Å². The maximum Gasteiger partial charge on any atom is 0.573 e. The first-order valence-electron chi connectivity index (χ1n) is 10.1. The van der Waals surface area contributed by atoms with Gasteiger partial charge in [0.1, 0.15) is 18.0 Å². The molecule has 1 aliphatic rings. The number of hydrogen-bond acceptors (Lipinski definition) is 7. The van der Waals surface area contributed by atoms with E-state index in [9.17, 15) is 35.5 Å². The van der Waals surface area contributed by atoms with E-state index in [2.05, 4.69) is 14.9 Å². The molecule has 2 aromatic carbocycles. The first-order valence-corrected chi connectivity index (χ1v) is 11.0. The number of halogens is 7. The van der Waals surface area contributed by atoms with Crippen LogP contribution >= 0.6 is 11.8 Å². The third-order valence-electron chi connectivity index (χ3n) is 4.89. The molecule has 7 nitrogen and oxygen atoms in total. The van der Waals surface area contributed by atoms with Crippen molar-refractivity contribution in [2.24, 2.45) is 5.73 Å². The lowest BCUT2D eigenvalue weighted by atomic mass is 10.1. The van der Waals surface area contributed by atoms with Gasteiger partial charge >= 0.3 is 12.5 Å². The second-order valence-electron chi connectivity index (χ2n) is 7.63. The minimum absolute atomic E-state index is 0.107. The summed E-state index contributed by atoms with van der Waals surface area (Å²) in [6, 6.07) is 6.02. The summed E-state index contributed by atoms with van der Waals surface area (Å²) < 4.78 is 98.8. The van der Waals surface area contributed by atoms with Crippen LogP contribution in [0.5, 0.6) is 5.75 Å². The van der Waals surface area contributed by atoms with Crippen molar-refractivity contribution in [2.75, 3.05) is 10.7 Å². The van der Waals surface area contributed by atoms with E-state index in [1.54, 1.807) is 0 Å². The van der Waals surface area contributed by atoms with Crippen molar-refractivity contribution in [3.63, 3.8) is 0 Å². The SMILES string of the molecule is N[C@H]1CSc2cc(F)c(-c3nnc(CC(F)(F)F)o3)cc2N(Cc2ccc(OC(F)(F)F)cc2)C1=O. The summed E-state index contributed by atoms with van der Waals surface area (Å²) >= 11 is 1.09. The zero-order valence-electron chi connectivity index (χ0n) is 17.9. The standard InChI is InChI=1S/C21H15F7N4O3S/c22-13-6-16-15(5-12(13)18-31-30-17(34-18)7-20(23,24)25)32(19(33)14(29)9-36-16)8-10-1-3-11(4-2-10)35-21(26,27)28/h1-6,14H,7-9,29H2/t14-/m0/s1. The summed E-state index contributed by atoms with van der Waals surface area (Å²) in [5.74, 6) is -3.07. The molecule has 4 rings (SSSR count). The molecular formula is C21H15F7N4O3S. The number of ether oxygens (including phenoxy) is 1. The molecule has 2 N–H and O–H groups in total. The molecule has 1 atom stereocenters. The van der Waals surface area contributed by atoms with Gasteiger partial charge in [-0.05, 0) is 29.8 Å². The van der Waals surface area contributed by atoms with Crippen molar-refractivity contribution in [1.82, 2.24) is 10.2 Å². The minimum atomic E-state index is -4.87. The Morgan fingerprint density at radius 3 is 2.44 bits per heavy atom. The molecule has 192 valence electrons. The van der Waals surface area contributed by atoms with Crippen LogP contribution in [0.15, 0.2) is 45.7 Å². The number of carbonyl (C=O) groups excluding carboxylic acids is 1. The summed E-state index contributed by atoms with van der Waals surface area (Å²) in [6.07, 6.45) is -11.0. The lowest BCUT2D eigenvalue weighted by molar-refractivity contribution is -0.274. The summed E-state index contributed by atoms with van der Waals surface area (Å²) in [4.78, 5) is 14.5. The molecule has 0 saturated carbocycles. The molecule has 0 radical (unpaired) electrons. The number of carbonyl (C=O) groups is 1. The molecule has 0 bridgehead atoms. The Hall–Kier alpha value is -3.33. The number of aromatic nitrogens is 2. The zero-order valence-corrected chi connectivity index (χ0v) is 18.7. The summed E-state index contributed by atoms with van der Waals surface area (Å²) in [5.41, 5.74) is 6.18. The molecule has 15 heteroatoms. The Bertz CT molecular complexity index is 1260. The van der Waals surface area contributed by atoms with Gasteiger partial charge in [-0.2, -0.15) is 13.2 Å². The van der Waals surface area contributed by atoms with Gasteiger partial charge < -0.3 is 19.8 Å². The number of nitrogens with two attached hydrogens (primary N) is 1. The van der Waals surface area contributed by atoms with Crippen LogP contribution in [-0.4, -0.2) is 40.4 Å². The molecule has 3 aromatic rings. The van der Waals surface area contributed by atoms with E-state index < -0.39 is 54.3 Å². The molecule has 0 spiro atoms. The number of benzene rings is 2. The van der Waals surface area contributed by atoms with Gasteiger partial charge in [0.25, 0.3) is 5.89 Å². The van der Waals surface area contributed by atoms with Crippen LogP contribution in [0.25, 0.3) is 11.5 Å². The van der Waals surface area contributed by atoms with E-state index in [-0.39, 0.29) is 23.5 Å². The Balaban J connectivity index is 1.68. The maximum absolute atomic E-state index is 14.9. The van der Waals surface area contributed by atoms with Crippen LogP contribution in [0, 0.1) is 5.82 Å². The average molecular weight is 536 g/mol. The van der Waals surface area contributed by atoms with Gasteiger partial charge in [-0.3, -0.25) is 4.79 Å². The third-order valence-corrected chi connectivity index (χ3v) is 6.05. The molecule has 0 fully saturated rings. The van der Waals surface area contributed by atoms with Crippen LogP contribution in [0.4, 0.5) is 36.4 Å². The highest BCUT2D eigenvalue weighted by atomic mass is 32.2. The number of thioether (sulfide) groups is 1. The van der Waals surface area contributed by atoms with E-state index in [0.717, 1.165) is 30.0 Å². The van der Waals surface area contributed by atoms with E-state index in [1.807, 2.05) is 0 Å². The number of fused-ring (bicyclic) bond motifs is 1. The van der Waals surface area contributed by atoms with Gasteiger partial charge in [-0.1, -0.05) is 12.1 Å². The van der Waals surface area contributed by atoms with Crippen LogP contribution in [-0.2, 0) is 17.8 Å². The van der Waals surface area contributed by atoms with E-state index in [0.29, 0.717) is 10.5 Å². The molecule has 0 aliphatic carbocycles. The normalized spacial score (nSPS) is 16.6. The Labute approximate surface area is 202 Å². The smallest absolute Gasteiger partial charge is 0.420 e. The molecule has 1 amide bonds. The number of amides is 1. The van der Waals surface area contributed by atoms with Gasteiger partial charge in [0.05, 0.1) is 23.8 Å². The van der Waals surface area contributed by atoms with E-state index in [1.165, 1.54) is 23.1 Å². The summed E-state index contributed by atoms with van der Waals surface area (Å²) in [7, 11) is 0. The predicted octanol–water partition coefficient (Wildman–Crippen LogP) is 4.85. The van der Waals surface area contributed by atoms with Crippen LogP contribution < -0.4 is 15.4 Å². The van der Waals surface area contributed by atoms with Crippen LogP contribution in [0.1, 0.15) is 11.5 Å². The van der Waals surface area contributed by atoms with E-state index >= 15 is 0 Å². The largest absolute Gasteiger partial charge is 0.573 e. The van der Waals surface area contributed by atoms with Gasteiger partial charge in [0, 0.05) is 10.6 Å². The van der Waals surface area contributed by atoms with Gasteiger partial charge in [-0.15, -0.1) is 35.1 Å². The summed E-state index contributed by atoms with van der Waals surface area (Å²) in [5, 5.41) is 6.78. The molecule has 2 heterocycles. The minimum Gasteiger partial charge on any atom is -0.420 e. The highest BCUT2D eigenvalue weighted by Crippen LogP contribution is 2.39. The molecular weight excluding hydrogens is 521 g/mol. The third kappa shape index (κ3) is 6.07. The van der Waals surface area contributed by atoms with Gasteiger partial charge in [-0.25, -0.2) is 4.39 Å². The topological polar surface area (TPSA) is 94.5 Å². The fraction of sp³-hybridized carbons (Fsp3) is 0.286. The number of alkyl halides is 6. The highest BCUT2D eigenvalue weighted by molar-refractivity contribution is 7.99. The lowest BCUT2D eigenvalue weighted by Crippen LogP contribution is -2.44. The highest BCUT2D eigenvalue weighted by Gasteiger charge is 2.34. The molecule has 0 saturated heterocycles. The lowest BCUT2D eigenvalue weighted by Gasteiger charge is -2.25. The van der Waals surface area contributed by atoms with Crippen LogP contribution in [0.2, 0.25) is 0 Å². The number of hydrogen-bond donors (Lipinski definition) is 1. The Morgan fingerprint density at radius 2 is 1.81 bits per heavy atom. The Kier molecular flexibility index (Phi) is 6.88. The monoisotopic (exact) mass is 536 g/mol. The predicted molar refractivity (Wildman–Crippen MR) is 112 cm³/mol. The van der Waals surface area contributed by atoms with Crippen molar-refractivity contribution in [3.8, 4) is 17.2 Å². The molecule has 1 aliphatic heterocycles. The average Bonchev–Trinajstić information content (AvgIpc) is 3.18. The number of anilines is 1. The van der Waals surface area contributed by atoms with Crippen molar-refractivity contribution < 1.29 is 44.7 Å². The maximum atomic E-state index is 14.9. The molecule has 0 unspecified atom stereocenters. The van der Waals surface area contributed by atoms with Gasteiger partial charge in [0.2, 0.25) is 11.8 Å². The van der Waals surface area contributed by atoms with Gasteiger partial charge in [0.15, 0.2) is 0 Å². The van der Waals surface area contributed by atoms with Crippen molar-refractivity contribution in [2.45, 2.75) is 36.4 Å². The summed E-state index contributed by atoms with van der Waals surface area (Å²) in [6.45, 7) is -0.152. The van der Waals surface area contributed by atoms with E-state index in [4.69, 9.17) is 10.2 Å². The molecule has 36 heavy (non-hydrogen) atoms. The fourth-order valence-corrected chi connectivity index (χ4v) is 4.36. The number of rotatable bonds is 5. The second-order valence-corrected chi connectivity index (χ2v) is 8.69. The van der Waals surface area contributed by atoms with Crippen molar-refractivity contribution in [1.29, 1.82) is 0 Å². The first kappa shape index (κ1) is 25.8. The molecule has 1 aromatic heterocycles. The van der Waals surface area contributed by atoms with Crippen LogP contribution in [0.3, 0.4) is 0 Å². The quantitative estimate of drug-likeness (QED) is 0.466. The Morgan fingerprint density at radius 1 is 1.11 bits per heavy atom. The van der Waals surface area contributed by atoms with Crippen molar-refractivity contribution >= 4 is 23.4 Å². The zero-order chi connectivity index (χ0) is 26.3. The first-order chi connectivity index (χ1) is 16.8. The number of nitrogens with zero attached hydrogens (tertiary/aromatic N) is 3. The fourth-order valence-electron chi connectivity index (χ4n) is 3.35. The second kappa shape index (κ2) is 9.61.